The number of hydrogen-bond donors (Lipinski definition) is 1. The van der Waals surface area contributed by atoms with Gasteiger partial charge in [-0.2, -0.15) is 0 Å². The van der Waals surface area contributed by atoms with Crippen LogP contribution in [0.3, 0.4) is 0 Å². The topological polar surface area (TPSA) is 34.1 Å². The van der Waals surface area contributed by atoms with E-state index in [4.69, 9.17) is 4.74 Å². The smallest absolute Gasteiger partial charge is 0.213 e. The Kier molecular flexibility index (Phi) is 3.58. The lowest BCUT2D eigenvalue weighted by Crippen LogP contribution is -2.34. The van der Waals surface area contributed by atoms with Crippen LogP contribution >= 0.6 is 22.6 Å². The number of pyridine rings is 1. The van der Waals surface area contributed by atoms with Crippen molar-refractivity contribution in [1.82, 2.24) is 10.3 Å². The average Bonchev–Trinajstić information content (AvgIpc) is 2.23. The lowest BCUT2D eigenvalue weighted by molar-refractivity contribution is 0.156. The Balaban J connectivity index is 1.92. The molecule has 1 aromatic heterocycles. The SMILES string of the molecule is Ic1ccc(OC2CCNCC2)nc1. The molecule has 0 unspecified atom stereocenters. The Morgan fingerprint density at radius 3 is 2.79 bits per heavy atom. The molecule has 2 rings (SSSR count). The van der Waals surface area contributed by atoms with Crippen LogP contribution in [0.5, 0.6) is 5.88 Å². The summed E-state index contributed by atoms with van der Waals surface area (Å²) in [7, 11) is 0. The quantitative estimate of drug-likeness (QED) is 0.846. The first kappa shape index (κ1) is 10.2. The van der Waals surface area contributed by atoms with E-state index in [0.29, 0.717) is 6.10 Å². The molecule has 76 valence electrons. The molecule has 3 nitrogen and oxygen atoms in total. The zero-order valence-corrected chi connectivity index (χ0v) is 10.0. The monoisotopic (exact) mass is 304 g/mol. The number of rotatable bonds is 2. The van der Waals surface area contributed by atoms with E-state index in [0.717, 1.165) is 35.4 Å². The van der Waals surface area contributed by atoms with Gasteiger partial charge >= 0.3 is 0 Å². The van der Waals surface area contributed by atoms with Gasteiger partial charge in [-0.1, -0.05) is 0 Å². The second-order valence-electron chi connectivity index (χ2n) is 3.38. The van der Waals surface area contributed by atoms with Crippen molar-refractivity contribution >= 4 is 22.6 Å². The van der Waals surface area contributed by atoms with Gasteiger partial charge in [0.2, 0.25) is 5.88 Å². The molecule has 14 heavy (non-hydrogen) atoms. The number of hydrogen-bond acceptors (Lipinski definition) is 3. The summed E-state index contributed by atoms with van der Waals surface area (Å²) in [5.41, 5.74) is 0. The van der Waals surface area contributed by atoms with Crippen LogP contribution in [0.15, 0.2) is 18.3 Å². The van der Waals surface area contributed by atoms with E-state index in [9.17, 15) is 0 Å². The Morgan fingerprint density at radius 2 is 2.14 bits per heavy atom. The molecule has 1 aliphatic heterocycles. The predicted octanol–water partition coefficient (Wildman–Crippen LogP) is 1.82. The first-order chi connectivity index (χ1) is 6.84. The van der Waals surface area contributed by atoms with E-state index >= 15 is 0 Å². The fraction of sp³-hybridized carbons (Fsp3) is 0.500. The highest BCUT2D eigenvalue weighted by atomic mass is 127. The third-order valence-corrected chi connectivity index (χ3v) is 2.91. The maximum atomic E-state index is 5.76. The molecule has 0 aromatic carbocycles. The van der Waals surface area contributed by atoms with Crippen molar-refractivity contribution in [3.63, 3.8) is 0 Å². The van der Waals surface area contributed by atoms with Gasteiger partial charge in [0.25, 0.3) is 0 Å². The summed E-state index contributed by atoms with van der Waals surface area (Å²) in [5.74, 6) is 0.748. The second kappa shape index (κ2) is 4.93. The standard InChI is InChI=1S/C10H13IN2O/c11-8-1-2-10(13-7-8)14-9-3-5-12-6-4-9/h1-2,7,9,12H,3-6H2. The molecule has 0 atom stereocenters. The van der Waals surface area contributed by atoms with Crippen molar-refractivity contribution in [3.05, 3.63) is 21.9 Å². The normalized spacial score (nSPS) is 18.1. The summed E-state index contributed by atoms with van der Waals surface area (Å²) >= 11 is 2.24. The summed E-state index contributed by atoms with van der Waals surface area (Å²) < 4.78 is 6.89. The first-order valence-electron chi connectivity index (χ1n) is 4.83. The van der Waals surface area contributed by atoms with E-state index in [1.54, 1.807) is 0 Å². The zero-order valence-electron chi connectivity index (χ0n) is 7.87. The van der Waals surface area contributed by atoms with Gasteiger partial charge in [0.05, 0.1) is 0 Å². The minimum Gasteiger partial charge on any atom is -0.474 e. The van der Waals surface area contributed by atoms with Crippen LogP contribution in [0, 0.1) is 3.57 Å². The molecule has 1 aliphatic rings. The van der Waals surface area contributed by atoms with Crippen molar-refractivity contribution in [3.8, 4) is 5.88 Å². The van der Waals surface area contributed by atoms with Crippen LogP contribution in [-0.4, -0.2) is 24.2 Å². The summed E-state index contributed by atoms with van der Waals surface area (Å²) in [5, 5.41) is 3.31. The second-order valence-corrected chi connectivity index (χ2v) is 4.63. The van der Waals surface area contributed by atoms with Crippen molar-refractivity contribution in [2.24, 2.45) is 0 Å². The molecule has 0 bridgehead atoms. The van der Waals surface area contributed by atoms with Gasteiger partial charge in [-0.05, 0) is 54.6 Å². The first-order valence-corrected chi connectivity index (χ1v) is 5.91. The Hall–Kier alpha value is -0.360. The Bertz CT molecular complexity index is 283. The molecule has 0 amide bonds. The third-order valence-electron chi connectivity index (χ3n) is 2.27. The summed E-state index contributed by atoms with van der Waals surface area (Å²) in [6.45, 7) is 2.10. The van der Waals surface area contributed by atoms with E-state index in [1.165, 1.54) is 0 Å². The average molecular weight is 304 g/mol. The number of ether oxygens (including phenoxy) is 1. The van der Waals surface area contributed by atoms with Gasteiger partial charge in [-0.25, -0.2) is 4.98 Å². The molecule has 1 N–H and O–H groups in total. The minimum absolute atomic E-state index is 0.337. The molecular formula is C10H13IN2O. The lowest BCUT2D eigenvalue weighted by atomic mass is 10.1. The highest BCUT2D eigenvalue weighted by Crippen LogP contribution is 2.14. The van der Waals surface area contributed by atoms with Gasteiger partial charge in [0.15, 0.2) is 0 Å². The summed E-state index contributed by atoms with van der Waals surface area (Å²) in [6.07, 6.45) is 4.32. The maximum absolute atomic E-state index is 5.76. The molecule has 1 aromatic rings. The van der Waals surface area contributed by atoms with E-state index in [2.05, 4.69) is 32.9 Å². The van der Waals surface area contributed by atoms with Crippen LogP contribution in [0.4, 0.5) is 0 Å². The van der Waals surface area contributed by atoms with Crippen molar-refractivity contribution < 1.29 is 4.74 Å². The van der Waals surface area contributed by atoms with E-state index in [1.807, 2.05) is 18.3 Å². The van der Waals surface area contributed by atoms with Gasteiger partial charge in [-0.15, -0.1) is 0 Å². The molecule has 1 saturated heterocycles. The van der Waals surface area contributed by atoms with Crippen molar-refractivity contribution in [2.75, 3.05) is 13.1 Å². The Morgan fingerprint density at radius 1 is 1.36 bits per heavy atom. The van der Waals surface area contributed by atoms with E-state index < -0.39 is 0 Å². The molecular weight excluding hydrogens is 291 g/mol. The molecule has 2 heterocycles. The molecule has 0 aliphatic carbocycles. The maximum Gasteiger partial charge on any atom is 0.213 e. The van der Waals surface area contributed by atoms with Gasteiger partial charge in [-0.3, -0.25) is 0 Å². The number of halogens is 1. The highest BCUT2D eigenvalue weighted by molar-refractivity contribution is 14.1. The third kappa shape index (κ3) is 2.81. The Labute approximate surface area is 97.4 Å². The fourth-order valence-electron chi connectivity index (χ4n) is 1.52. The van der Waals surface area contributed by atoms with Crippen LogP contribution in [0.1, 0.15) is 12.8 Å². The van der Waals surface area contributed by atoms with Crippen LogP contribution in [0.2, 0.25) is 0 Å². The number of nitrogens with zero attached hydrogens (tertiary/aromatic N) is 1. The number of aromatic nitrogens is 1. The van der Waals surface area contributed by atoms with Crippen LogP contribution < -0.4 is 10.1 Å². The van der Waals surface area contributed by atoms with Gasteiger partial charge < -0.3 is 10.1 Å². The molecule has 0 radical (unpaired) electrons. The molecule has 0 saturated carbocycles. The van der Waals surface area contributed by atoms with Crippen molar-refractivity contribution in [1.29, 1.82) is 0 Å². The predicted molar refractivity (Wildman–Crippen MR) is 63.5 cm³/mol. The van der Waals surface area contributed by atoms with Crippen LogP contribution in [0.25, 0.3) is 0 Å². The minimum atomic E-state index is 0.337. The number of nitrogens with one attached hydrogen (secondary N) is 1. The molecule has 1 fully saturated rings. The summed E-state index contributed by atoms with van der Waals surface area (Å²) in [4.78, 5) is 4.22. The van der Waals surface area contributed by atoms with Crippen molar-refractivity contribution in [2.45, 2.75) is 18.9 Å². The van der Waals surface area contributed by atoms with Gasteiger partial charge in [0.1, 0.15) is 6.10 Å². The largest absolute Gasteiger partial charge is 0.474 e. The highest BCUT2D eigenvalue weighted by Gasteiger charge is 2.14. The fourth-order valence-corrected chi connectivity index (χ4v) is 1.84. The van der Waals surface area contributed by atoms with Gasteiger partial charge in [0, 0.05) is 15.8 Å². The molecule has 0 spiro atoms. The number of piperidine rings is 1. The van der Waals surface area contributed by atoms with Crippen LogP contribution in [-0.2, 0) is 0 Å². The lowest BCUT2D eigenvalue weighted by Gasteiger charge is -2.23. The summed E-state index contributed by atoms with van der Waals surface area (Å²) in [6, 6.07) is 3.95. The zero-order chi connectivity index (χ0) is 9.80. The molecule has 4 heteroatoms. The van der Waals surface area contributed by atoms with E-state index in [-0.39, 0.29) is 0 Å².